The van der Waals surface area contributed by atoms with Gasteiger partial charge in [-0.1, -0.05) is 31.5 Å². The highest BCUT2D eigenvalue weighted by Gasteiger charge is 2.45. The second-order valence-electron chi connectivity index (χ2n) is 5.19. The van der Waals surface area contributed by atoms with Crippen LogP contribution < -0.4 is 5.32 Å². The van der Waals surface area contributed by atoms with Crippen LogP contribution in [0.3, 0.4) is 0 Å². The Kier molecular flexibility index (Phi) is 2.57. The summed E-state index contributed by atoms with van der Waals surface area (Å²) in [4.78, 5) is 23.9. The summed E-state index contributed by atoms with van der Waals surface area (Å²) in [5, 5.41) is 2.45. The molecule has 0 radical (unpaired) electrons. The summed E-state index contributed by atoms with van der Waals surface area (Å²) in [6.07, 6.45) is 0. The first-order chi connectivity index (χ1) is 7.87. The van der Waals surface area contributed by atoms with Crippen LogP contribution in [0.1, 0.15) is 42.3 Å². The lowest BCUT2D eigenvalue weighted by atomic mass is 9.69. The Morgan fingerprint density at radius 1 is 1.24 bits per heavy atom. The third kappa shape index (κ3) is 1.57. The van der Waals surface area contributed by atoms with Gasteiger partial charge in [-0.2, -0.15) is 0 Å². The zero-order chi connectivity index (χ0) is 12.8. The number of carbonyl (C=O) groups is 2. The zero-order valence-corrected chi connectivity index (χ0v) is 10.6. The Labute approximate surface area is 101 Å². The van der Waals surface area contributed by atoms with E-state index in [1.807, 2.05) is 39.8 Å². The van der Waals surface area contributed by atoms with Crippen LogP contribution in [0.4, 0.5) is 0 Å². The summed E-state index contributed by atoms with van der Waals surface area (Å²) in [7, 11) is 0. The molecule has 0 bridgehead atoms. The van der Waals surface area contributed by atoms with E-state index in [0.29, 0.717) is 5.56 Å². The zero-order valence-electron chi connectivity index (χ0n) is 10.6. The molecule has 0 aliphatic carbocycles. The third-order valence-electron chi connectivity index (χ3n) is 3.83. The fraction of sp³-hybridized carbons (Fsp3) is 0.429. The summed E-state index contributed by atoms with van der Waals surface area (Å²) in [5.41, 5.74) is 1.90. The largest absolute Gasteiger partial charge is 0.292 e. The highest BCUT2D eigenvalue weighted by molar-refractivity contribution is 6.13. The first-order valence-corrected chi connectivity index (χ1v) is 5.84. The fourth-order valence-electron chi connectivity index (χ4n) is 2.28. The maximum absolute atomic E-state index is 12.1. The summed E-state index contributed by atoms with van der Waals surface area (Å²) in [6, 6.07) is 5.65. The van der Waals surface area contributed by atoms with Crippen molar-refractivity contribution in [3.63, 3.8) is 0 Å². The van der Waals surface area contributed by atoms with Gasteiger partial charge < -0.3 is 0 Å². The van der Waals surface area contributed by atoms with E-state index in [2.05, 4.69) is 5.32 Å². The number of imide groups is 1. The number of nitrogens with one attached hydrogen (secondary N) is 1. The molecule has 2 rings (SSSR count). The minimum absolute atomic E-state index is 0.135. The van der Waals surface area contributed by atoms with Crippen molar-refractivity contribution in [3.05, 3.63) is 34.9 Å². The lowest BCUT2D eigenvalue weighted by Crippen LogP contribution is -2.53. The van der Waals surface area contributed by atoms with Crippen LogP contribution in [0.2, 0.25) is 0 Å². The van der Waals surface area contributed by atoms with Gasteiger partial charge >= 0.3 is 0 Å². The number of aryl methyl sites for hydroxylation is 1. The van der Waals surface area contributed by atoms with E-state index in [4.69, 9.17) is 0 Å². The summed E-state index contributed by atoms with van der Waals surface area (Å²) in [6.45, 7) is 7.87. The monoisotopic (exact) mass is 231 g/mol. The van der Waals surface area contributed by atoms with E-state index < -0.39 is 5.41 Å². The molecule has 0 saturated heterocycles. The Balaban J connectivity index is 2.73. The summed E-state index contributed by atoms with van der Waals surface area (Å²) >= 11 is 0. The van der Waals surface area contributed by atoms with Gasteiger partial charge in [0.25, 0.3) is 5.91 Å². The first kappa shape index (κ1) is 11.8. The van der Waals surface area contributed by atoms with Gasteiger partial charge in [-0.15, -0.1) is 0 Å². The van der Waals surface area contributed by atoms with Crippen LogP contribution in [-0.4, -0.2) is 11.8 Å². The molecule has 1 aliphatic heterocycles. The van der Waals surface area contributed by atoms with Crippen LogP contribution in [-0.2, 0) is 10.2 Å². The van der Waals surface area contributed by atoms with Crippen molar-refractivity contribution in [1.29, 1.82) is 0 Å². The van der Waals surface area contributed by atoms with E-state index in [9.17, 15) is 9.59 Å². The molecule has 90 valence electrons. The number of benzene rings is 1. The SMILES string of the molecule is Cc1ccc2c(c1)C(C)(C(C)C)C(=O)NC2=O. The number of hydrogen-bond acceptors (Lipinski definition) is 2. The predicted molar refractivity (Wildman–Crippen MR) is 65.8 cm³/mol. The minimum Gasteiger partial charge on any atom is -0.292 e. The molecule has 3 heteroatoms. The molecule has 0 spiro atoms. The van der Waals surface area contributed by atoms with Crippen molar-refractivity contribution in [2.24, 2.45) is 5.92 Å². The highest BCUT2D eigenvalue weighted by atomic mass is 16.2. The average molecular weight is 231 g/mol. The molecule has 17 heavy (non-hydrogen) atoms. The van der Waals surface area contributed by atoms with E-state index in [1.165, 1.54) is 0 Å². The summed E-state index contributed by atoms with van der Waals surface area (Å²) < 4.78 is 0. The van der Waals surface area contributed by atoms with Crippen LogP contribution in [0.5, 0.6) is 0 Å². The van der Waals surface area contributed by atoms with Crippen molar-refractivity contribution in [1.82, 2.24) is 5.32 Å². The number of hydrogen-bond donors (Lipinski definition) is 1. The highest BCUT2D eigenvalue weighted by Crippen LogP contribution is 2.37. The Hall–Kier alpha value is -1.64. The third-order valence-corrected chi connectivity index (χ3v) is 3.83. The molecule has 1 unspecified atom stereocenters. The van der Waals surface area contributed by atoms with Crippen molar-refractivity contribution in [3.8, 4) is 0 Å². The molecule has 0 saturated carbocycles. The predicted octanol–water partition coefficient (Wildman–Crippen LogP) is 2.18. The van der Waals surface area contributed by atoms with Crippen LogP contribution in [0, 0.1) is 12.8 Å². The van der Waals surface area contributed by atoms with Crippen LogP contribution in [0.25, 0.3) is 0 Å². The van der Waals surface area contributed by atoms with Gasteiger partial charge in [0, 0.05) is 5.56 Å². The molecule has 1 aromatic carbocycles. The van der Waals surface area contributed by atoms with Gasteiger partial charge in [-0.25, -0.2) is 0 Å². The molecule has 0 fully saturated rings. The van der Waals surface area contributed by atoms with Crippen LogP contribution >= 0.6 is 0 Å². The van der Waals surface area contributed by atoms with Gasteiger partial charge in [0.2, 0.25) is 5.91 Å². The molecule has 1 aromatic rings. The number of fused-ring (bicyclic) bond motifs is 1. The minimum atomic E-state index is -0.630. The smallest absolute Gasteiger partial charge is 0.258 e. The second kappa shape index (κ2) is 3.69. The molecular formula is C14H17NO2. The lowest BCUT2D eigenvalue weighted by Gasteiger charge is -2.37. The Morgan fingerprint density at radius 3 is 2.47 bits per heavy atom. The van der Waals surface area contributed by atoms with E-state index in [-0.39, 0.29) is 17.7 Å². The van der Waals surface area contributed by atoms with Gasteiger partial charge in [-0.05, 0) is 31.4 Å². The maximum Gasteiger partial charge on any atom is 0.258 e. The second-order valence-corrected chi connectivity index (χ2v) is 5.19. The van der Waals surface area contributed by atoms with Crippen molar-refractivity contribution in [2.45, 2.75) is 33.1 Å². The van der Waals surface area contributed by atoms with Crippen molar-refractivity contribution < 1.29 is 9.59 Å². The standard InChI is InChI=1S/C14H17NO2/c1-8(2)14(4)11-7-9(3)5-6-10(11)12(16)15-13(14)17/h5-8H,1-4H3,(H,15,16,17). The maximum atomic E-state index is 12.1. The first-order valence-electron chi connectivity index (χ1n) is 5.84. The Bertz CT molecular complexity index is 505. The van der Waals surface area contributed by atoms with Gasteiger partial charge in [0.1, 0.15) is 0 Å². The molecule has 1 atom stereocenters. The van der Waals surface area contributed by atoms with E-state index in [0.717, 1.165) is 11.1 Å². The Morgan fingerprint density at radius 2 is 1.88 bits per heavy atom. The van der Waals surface area contributed by atoms with Gasteiger partial charge in [0.15, 0.2) is 0 Å². The molecule has 1 heterocycles. The van der Waals surface area contributed by atoms with Gasteiger partial charge in [0.05, 0.1) is 5.41 Å². The number of amides is 2. The summed E-state index contributed by atoms with van der Waals surface area (Å²) in [5.74, 6) is -0.352. The van der Waals surface area contributed by atoms with E-state index in [1.54, 1.807) is 6.07 Å². The molecule has 2 amide bonds. The molecule has 1 N–H and O–H groups in total. The van der Waals surface area contributed by atoms with Crippen LogP contribution in [0.15, 0.2) is 18.2 Å². The number of carbonyl (C=O) groups excluding carboxylic acids is 2. The lowest BCUT2D eigenvalue weighted by molar-refractivity contribution is -0.127. The molecule has 0 aromatic heterocycles. The topological polar surface area (TPSA) is 46.2 Å². The van der Waals surface area contributed by atoms with Gasteiger partial charge in [-0.3, -0.25) is 14.9 Å². The average Bonchev–Trinajstić information content (AvgIpc) is 2.25. The van der Waals surface area contributed by atoms with Crippen molar-refractivity contribution >= 4 is 11.8 Å². The molecular weight excluding hydrogens is 214 g/mol. The molecule has 1 aliphatic rings. The quantitative estimate of drug-likeness (QED) is 0.753. The fourth-order valence-corrected chi connectivity index (χ4v) is 2.28. The number of rotatable bonds is 1. The van der Waals surface area contributed by atoms with E-state index >= 15 is 0 Å². The van der Waals surface area contributed by atoms with Crippen molar-refractivity contribution in [2.75, 3.05) is 0 Å². The molecule has 3 nitrogen and oxygen atoms in total. The normalized spacial score (nSPS) is 23.6.